The first-order valence-corrected chi connectivity index (χ1v) is 10.4. The van der Waals surface area contributed by atoms with Gasteiger partial charge in [-0.05, 0) is 42.0 Å². The Bertz CT molecular complexity index is 905. The van der Waals surface area contributed by atoms with Crippen molar-refractivity contribution in [2.24, 2.45) is 0 Å². The van der Waals surface area contributed by atoms with E-state index >= 15 is 0 Å². The maximum atomic E-state index is 12.3. The fraction of sp³-hybridized carbons (Fsp3) is 0.286. The molecule has 1 fully saturated rings. The standard InChI is InChI=1S/C21H23N5OS/c27-21(17-7-5-16(6-8-17)19-4-3-13-28-19)23-10-9-22-20-14-18(15-24-25-20)26-11-1-2-12-26/h3-8,13-15H,1-2,9-12H2,(H,22,25)(H,23,27). The molecule has 28 heavy (non-hydrogen) atoms. The third kappa shape index (κ3) is 4.48. The number of benzene rings is 1. The predicted molar refractivity (Wildman–Crippen MR) is 114 cm³/mol. The van der Waals surface area contributed by atoms with Gasteiger partial charge in [0.15, 0.2) is 5.82 Å². The molecule has 1 aliphatic rings. The number of amides is 1. The number of carbonyl (C=O) groups is 1. The first kappa shape index (κ1) is 18.4. The van der Waals surface area contributed by atoms with E-state index in [9.17, 15) is 4.79 Å². The molecule has 0 saturated carbocycles. The van der Waals surface area contributed by atoms with Crippen LogP contribution in [0.2, 0.25) is 0 Å². The Hall–Kier alpha value is -2.93. The smallest absolute Gasteiger partial charge is 0.251 e. The molecule has 0 radical (unpaired) electrons. The van der Waals surface area contributed by atoms with Gasteiger partial charge in [-0.1, -0.05) is 18.2 Å². The van der Waals surface area contributed by atoms with Crippen molar-refractivity contribution in [3.05, 3.63) is 59.6 Å². The fourth-order valence-corrected chi connectivity index (χ4v) is 4.02. The molecule has 6 nitrogen and oxygen atoms in total. The summed E-state index contributed by atoms with van der Waals surface area (Å²) in [7, 11) is 0. The number of carbonyl (C=O) groups excluding carboxylic acids is 1. The van der Waals surface area contributed by atoms with E-state index in [1.807, 2.05) is 41.8 Å². The van der Waals surface area contributed by atoms with Crippen molar-refractivity contribution in [3.8, 4) is 10.4 Å². The third-order valence-electron chi connectivity index (χ3n) is 4.78. The number of anilines is 2. The molecule has 1 aromatic carbocycles. The molecule has 3 aromatic rings. The van der Waals surface area contributed by atoms with E-state index in [-0.39, 0.29) is 5.91 Å². The maximum Gasteiger partial charge on any atom is 0.251 e. The van der Waals surface area contributed by atoms with Crippen LogP contribution in [0.25, 0.3) is 10.4 Å². The molecule has 0 unspecified atom stereocenters. The highest BCUT2D eigenvalue weighted by Gasteiger charge is 2.13. The number of thiophene rings is 1. The largest absolute Gasteiger partial charge is 0.370 e. The summed E-state index contributed by atoms with van der Waals surface area (Å²) in [5.41, 5.74) is 2.89. The summed E-state index contributed by atoms with van der Waals surface area (Å²) in [4.78, 5) is 15.8. The van der Waals surface area contributed by atoms with E-state index < -0.39 is 0 Å². The molecular formula is C21H23N5OS. The first-order valence-electron chi connectivity index (χ1n) is 9.53. The number of hydrogen-bond donors (Lipinski definition) is 2. The highest BCUT2D eigenvalue weighted by atomic mass is 32.1. The van der Waals surface area contributed by atoms with Gasteiger partial charge in [0.2, 0.25) is 0 Å². The first-order chi connectivity index (χ1) is 13.8. The topological polar surface area (TPSA) is 70.2 Å². The molecule has 2 N–H and O–H groups in total. The Balaban J connectivity index is 1.25. The molecule has 1 amide bonds. The lowest BCUT2D eigenvalue weighted by Gasteiger charge is -2.17. The van der Waals surface area contributed by atoms with E-state index in [0.29, 0.717) is 18.7 Å². The zero-order valence-corrected chi connectivity index (χ0v) is 16.4. The minimum atomic E-state index is -0.0727. The van der Waals surface area contributed by atoms with Crippen LogP contribution in [0, 0.1) is 0 Å². The Morgan fingerprint density at radius 3 is 2.68 bits per heavy atom. The summed E-state index contributed by atoms with van der Waals surface area (Å²) in [5, 5.41) is 16.4. The second kappa shape index (κ2) is 8.84. The van der Waals surface area contributed by atoms with Crippen LogP contribution in [0.4, 0.5) is 11.5 Å². The average Bonchev–Trinajstić information content (AvgIpc) is 3.46. The maximum absolute atomic E-state index is 12.3. The lowest BCUT2D eigenvalue weighted by Crippen LogP contribution is -2.29. The second-order valence-electron chi connectivity index (χ2n) is 6.73. The van der Waals surface area contributed by atoms with E-state index in [1.54, 1.807) is 17.5 Å². The van der Waals surface area contributed by atoms with Crippen LogP contribution in [0.5, 0.6) is 0 Å². The minimum Gasteiger partial charge on any atom is -0.370 e. The van der Waals surface area contributed by atoms with Crippen molar-refractivity contribution in [3.63, 3.8) is 0 Å². The summed E-state index contributed by atoms with van der Waals surface area (Å²) >= 11 is 1.69. The second-order valence-corrected chi connectivity index (χ2v) is 7.68. The lowest BCUT2D eigenvalue weighted by atomic mass is 10.1. The third-order valence-corrected chi connectivity index (χ3v) is 5.70. The van der Waals surface area contributed by atoms with Gasteiger partial charge in [0.1, 0.15) is 0 Å². The molecule has 0 bridgehead atoms. The van der Waals surface area contributed by atoms with Crippen molar-refractivity contribution >= 4 is 28.7 Å². The molecule has 7 heteroatoms. The van der Waals surface area contributed by atoms with E-state index in [2.05, 4.69) is 31.8 Å². The molecule has 144 valence electrons. The number of aromatic nitrogens is 2. The van der Waals surface area contributed by atoms with Crippen LogP contribution in [-0.4, -0.2) is 42.3 Å². The van der Waals surface area contributed by atoms with Crippen LogP contribution in [0.3, 0.4) is 0 Å². The monoisotopic (exact) mass is 393 g/mol. The molecule has 0 spiro atoms. The van der Waals surface area contributed by atoms with Gasteiger partial charge >= 0.3 is 0 Å². The van der Waals surface area contributed by atoms with Crippen molar-refractivity contribution in [2.75, 3.05) is 36.4 Å². The van der Waals surface area contributed by atoms with Crippen LogP contribution >= 0.6 is 11.3 Å². The van der Waals surface area contributed by atoms with Gasteiger partial charge in [0.25, 0.3) is 5.91 Å². The van der Waals surface area contributed by atoms with Crippen molar-refractivity contribution in [2.45, 2.75) is 12.8 Å². The van der Waals surface area contributed by atoms with Gasteiger partial charge in [0, 0.05) is 42.7 Å². The Kier molecular flexibility index (Phi) is 5.82. The molecule has 2 aromatic heterocycles. The summed E-state index contributed by atoms with van der Waals surface area (Å²) in [6.07, 6.45) is 4.26. The van der Waals surface area contributed by atoms with Gasteiger partial charge in [-0.15, -0.1) is 16.4 Å². The summed E-state index contributed by atoms with van der Waals surface area (Å²) in [6, 6.07) is 13.8. The zero-order chi connectivity index (χ0) is 19.2. The molecule has 0 atom stereocenters. The van der Waals surface area contributed by atoms with E-state index in [4.69, 9.17) is 0 Å². The summed E-state index contributed by atoms with van der Waals surface area (Å²) in [5.74, 6) is 0.662. The number of hydrogen-bond acceptors (Lipinski definition) is 6. The van der Waals surface area contributed by atoms with Crippen LogP contribution in [-0.2, 0) is 0 Å². The van der Waals surface area contributed by atoms with Gasteiger partial charge in [-0.2, -0.15) is 5.10 Å². The van der Waals surface area contributed by atoms with Gasteiger partial charge in [0.05, 0.1) is 11.9 Å². The normalized spacial score (nSPS) is 13.5. The predicted octanol–water partition coefficient (Wildman–Crippen LogP) is 3.65. The zero-order valence-electron chi connectivity index (χ0n) is 15.6. The Morgan fingerprint density at radius 1 is 1.11 bits per heavy atom. The van der Waals surface area contributed by atoms with Crippen molar-refractivity contribution in [1.29, 1.82) is 0 Å². The number of nitrogens with one attached hydrogen (secondary N) is 2. The van der Waals surface area contributed by atoms with Gasteiger partial charge in [-0.3, -0.25) is 4.79 Å². The molecule has 3 heterocycles. The summed E-state index contributed by atoms with van der Waals surface area (Å²) in [6.45, 7) is 3.26. The Morgan fingerprint density at radius 2 is 1.93 bits per heavy atom. The summed E-state index contributed by atoms with van der Waals surface area (Å²) < 4.78 is 0. The highest BCUT2D eigenvalue weighted by Crippen LogP contribution is 2.24. The molecule has 1 saturated heterocycles. The molecular weight excluding hydrogens is 370 g/mol. The van der Waals surface area contributed by atoms with Crippen LogP contribution in [0.1, 0.15) is 23.2 Å². The Labute approximate surface area is 168 Å². The molecule has 1 aliphatic heterocycles. The van der Waals surface area contributed by atoms with Crippen LogP contribution in [0.15, 0.2) is 54.0 Å². The highest BCUT2D eigenvalue weighted by molar-refractivity contribution is 7.13. The van der Waals surface area contributed by atoms with Gasteiger partial charge < -0.3 is 15.5 Å². The SMILES string of the molecule is O=C(NCCNc1cc(N2CCCC2)cnn1)c1ccc(-c2cccs2)cc1. The lowest BCUT2D eigenvalue weighted by molar-refractivity contribution is 0.0955. The number of rotatable bonds is 7. The van der Waals surface area contributed by atoms with E-state index in [0.717, 1.165) is 30.2 Å². The van der Waals surface area contributed by atoms with Gasteiger partial charge in [-0.25, -0.2) is 0 Å². The fourth-order valence-electron chi connectivity index (χ4n) is 3.29. The van der Waals surface area contributed by atoms with Crippen LogP contribution < -0.4 is 15.5 Å². The van der Waals surface area contributed by atoms with Crippen molar-refractivity contribution < 1.29 is 4.79 Å². The van der Waals surface area contributed by atoms with Crippen molar-refractivity contribution in [1.82, 2.24) is 15.5 Å². The quantitative estimate of drug-likeness (QED) is 0.600. The van der Waals surface area contributed by atoms with E-state index in [1.165, 1.54) is 17.7 Å². The molecule has 0 aliphatic carbocycles. The minimum absolute atomic E-state index is 0.0727. The molecule has 4 rings (SSSR count). The number of nitrogens with zero attached hydrogens (tertiary/aromatic N) is 3. The average molecular weight is 394 g/mol.